The fourth-order valence-corrected chi connectivity index (χ4v) is 3.22. The number of nitrogens with zero attached hydrogens (tertiary/aromatic N) is 1. The first kappa shape index (κ1) is 16.7. The number of ether oxygens (including phenoxy) is 1. The Balaban J connectivity index is 1.85. The van der Waals surface area contributed by atoms with E-state index in [1.165, 1.54) is 13.2 Å². The fraction of sp³-hybridized carbons (Fsp3) is 0.333. The molecule has 128 valence electrons. The number of hydrogen-bond donors (Lipinski definition) is 2. The SMILES string of the molecule is COc1ccc(CN2CC(O)CC2c2cc(F)ccc2F)cc1O. The summed E-state index contributed by atoms with van der Waals surface area (Å²) in [4.78, 5) is 1.88. The maximum absolute atomic E-state index is 14.1. The van der Waals surface area contributed by atoms with E-state index < -0.39 is 23.8 Å². The van der Waals surface area contributed by atoms with Crippen LogP contribution in [0.15, 0.2) is 36.4 Å². The zero-order chi connectivity index (χ0) is 17.3. The van der Waals surface area contributed by atoms with Gasteiger partial charge in [0.1, 0.15) is 11.6 Å². The Kier molecular flexibility index (Phi) is 4.69. The molecule has 0 aliphatic carbocycles. The van der Waals surface area contributed by atoms with E-state index in [-0.39, 0.29) is 11.3 Å². The van der Waals surface area contributed by atoms with Crippen molar-refractivity contribution in [3.05, 3.63) is 59.2 Å². The van der Waals surface area contributed by atoms with Gasteiger partial charge in [-0.25, -0.2) is 8.78 Å². The molecule has 2 atom stereocenters. The molecular formula is C18H19F2NO3. The van der Waals surface area contributed by atoms with Crippen molar-refractivity contribution in [3.63, 3.8) is 0 Å². The van der Waals surface area contributed by atoms with Crippen molar-refractivity contribution in [1.82, 2.24) is 4.90 Å². The van der Waals surface area contributed by atoms with E-state index >= 15 is 0 Å². The van der Waals surface area contributed by atoms with Crippen molar-refractivity contribution in [2.75, 3.05) is 13.7 Å². The summed E-state index contributed by atoms with van der Waals surface area (Å²) in [7, 11) is 1.47. The molecule has 0 spiro atoms. The van der Waals surface area contributed by atoms with Crippen molar-refractivity contribution < 1.29 is 23.7 Å². The monoisotopic (exact) mass is 335 g/mol. The highest BCUT2D eigenvalue weighted by Crippen LogP contribution is 2.36. The zero-order valence-corrected chi connectivity index (χ0v) is 13.2. The average molecular weight is 335 g/mol. The van der Waals surface area contributed by atoms with Gasteiger partial charge in [-0.3, -0.25) is 4.90 Å². The van der Waals surface area contributed by atoms with Gasteiger partial charge in [-0.1, -0.05) is 6.07 Å². The molecule has 1 heterocycles. The van der Waals surface area contributed by atoms with E-state index in [1.807, 2.05) is 4.90 Å². The van der Waals surface area contributed by atoms with Crippen LogP contribution in [0.4, 0.5) is 8.78 Å². The van der Waals surface area contributed by atoms with Gasteiger partial charge in [-0.2, -0.15) is 0 Å². The first-order valence-corrected chi connectivity index (χ1v) is 7.71. The molecule has 2 aromatic carbocycles. The van der Waals surface area contributed by atoms with Crippen LogP contribution >= 0.6 is 0 Å². The first-order chi connectivity index (χ1) is 11.5. The van der Waals surface area contributed by atoms with Crippen molar-refractivity contribution in [1.29, 1.82) is 0 Å². The summed E-state index contributed by atoms with van der Waals surface area (Å²) in [5.41, 5.74) is 1.04. The Morgan fingerprint density at radius 2 is 2.00 bits per heavy atom. The van der Waals surface area contributed by atoms with Crippen molar-refractivity contribution >= 4 is 0 Å². The number of methoxy groups -OCH3 is 1. The van der Waals surface area contributed by atoms with Gasteiger partial charge >= 0.3 is 0 Å². The maximum Gasteiger partial charge on any atom is 0.160 e. The third-order valence-corrected chi connectivity index (χ3v) is 4.33. The molecule has 1 fully saturated rings. The smallest absolute Gasteiger partial charge is 0.160 e. The van der Waals surface area contributed by atoms with Crippen molar-refractivity contribution in [2.24, 2.45) is 0 Å². The number of aliphatic hydroxyl groups excluding tert-OH is 1. The number of hydrogen-bond acceptors (Lipinski definition) is 4. The van der Waals surface area contributed by atoms with Crippen LogP contribution in [0, 0.1) is 11.6 Å². The van der Waals surface area contributed by atoms with Crippen LogP contribution < -0.4 is 4.74 Å². The molecule has 0 saturated carbocycles. The lowest BCUT2D eigenvalue weighted by molar-refractivity contribution is 0.172. The summed E-state index contributed by atoms with van der Waals surface area (Å²) in [6.07, 6.45) is -0.271. The Labute approximate surface area is 138 Å². The standard InChI is InChI=1S/C18H19F2NO3/c1-24-18-5-2-11(6-17(18)23)9-21-10-13(22)8-16(21)14-7-12(19)3-4-15(14)20/h2-7,13,16,22-23H,8-10H2,1H3. The summed E-state index contributed by atoms with van der Waals surface area (Å²) in [5.74, 6) is -0.607. The van der Waals surface area contributed by atoms with E-state index in [2.05, 4.69) is 0 Å². The Morgan fingerprint density at radius 3 is 2.71 bits per heavy atom. The molecule has 2 N–H and O–H groups in total. The molecule has 1 aliphatic heterocycles. The van der Waals surface area contributed by atoms with Gasteiger partial charge in [0.2, 0.25) is 0 Å². The number of aromatic hydroxyl groups is 1. The van der Waals surface area contributed by atoms with E-state index in [4.69, 9.17) is 4.74 Å². The van der Waals surface area contributed by atoms with Crippen LogP contribution in [0.5, 0.6) is 11.5 Å². The molecule has 3 rings (SSSR count). The number of rotatable bonds is 4. The number of halogens is 2. The van der Waals surface area contributed by atoms with Crippen LogP contribution in [0.3, 0.4) is 0 Å². The molecule has 2 aromatic rings. The number of likely N-dealkylation sites (tertiary alicyclic amines) is 1. The van der Waals surface area contributed by atoms with Crippen LogP contribution in [0.2, 0.25) is 0 Å². The van der Waals surface area contributed by atoms with Gasteiger partial charge in [0.05, 0.1) is 13.2 Å². The molecule has 24 heavy (non-hydrogen) atoms. The highest BCUT2D eigenvalue weighted by molar-refractivity contribution is 5.41. The third-order valence-electron chi connectivity index (χ3n) is 4.33. The van der Waals surface area contributed by atoms with Crippen LogP contribution in [0.25, 0.3) is 0 Å². The maximum atomic E-state index is 14.1. The predicted molar refractivity (Wildman–Crippen MR) is 84.8 cm³/mol. The molecule has 1 aliphatic rings. The zero-order valence-electron chi connectivity index (χ0n) is 13.2. The lowest BCUT2D eigenvalue weighted by atomic mass is 10.0. The van der Waals surface area contributed by atoms with Crippen molar-refractivity contribution in [2.45, 2.75) is 25.1 Å². The van der Waals surface area contributed by atoms with E-state index in [0.29, 0.717) is 25.3 Å². The van der Waals surface area contributed by atoms with E-state index in [9.17, 15) is 19.0 Å². The third kappa shape index (κ3) is 3.34. The molecule has 0 amide bonds. The number of β-amino-alcohol motifs (C(OH)–C–C–N with tert-alkyl or cyclic N) is 1. The highest BCUT2D eigenvalue weighted by atomic mass is 19.1. The van der Waals surface area contributed by atoms with Gasteiger partial charge in [0.15, 0.2) is 11.5 Å². The summed E-state index contributed by atoms with van der Waals surface area (Å²) < 4.78 is 32.6. The quantitative estimate of drug-likeness (QED) is 0.902. The van der Waals surface area contributed by atoms with Gasteiger partial charge in [-0.05, 0) is 42.3 Å². The number of benzene rings is 2. The number of phenols is 1. The second-order valence-corrected chi connectivity index (χ2v) is 6.01. The van der Waals surface area contributed by atoms with Crippen LogP contribution in [-0.2, 0) is 6.54 Å². The molecular weight excluding hydrogens is 316 g/mol. The van der Waals surface area contributed by atoms with Gasteiger partial charge in [0.25, 0.3) is 0 Å². The summed E-state index contributed by atoms with van der Waals surface area (Å²) in [5, 5.41) is 19.9. The minimum absolute atomic E-state index is 0.0169. The molecule has 0 radical (unpaired) electrons. The van der Waals surface area contributed by atoms with Crippen LogP contribution in [-0.4, -0.2) is 34.9 Å². The van der Waals surface area contributed by atoms with Gasteiger partial charge in [0, 0.05) is 24.7 Å². The first-order valence-electron chi connectivity index (χ1n) is 7.71. The predicted octanol–water partition coefficient (Wildman–Crippen LogP) is 2.99. The molecule has 0 aromatic heterocycles. The molecule has 0 bridgehead atoms. The largest absolute Gasteiger partial charge is 0.504 e. The number of phenolic OH excluding ortho intramolecular Hbond substituents is 1. The summed E-state index contributed by atoms with van der Waals surface area (Å²) in [6, 6.07) is 7.96. The fourth-order valence-electron chi connectivity index (χ4n) is 3.22. The van der Waals surface area contributed by atoms with Crippen molar-refractivity contribution in [3.8, 4) is 11.5 Å². The lowest BCUT2D eigenvalue weighted by Gasteiger charge is -2.25. The normalized spacial score (nSPS) is 21.2. The topological polar surface area (TPSA) is 52.9 Å². The van der Waals surface area contributed by atoms with Gasteiger partial charge in [-0.15, -0.1) is 0 Å². The van der Waals surface area contributed by atoms with E-state index in [0.717, 1.165) is 17.7 Å². The lowest BCUT2D eigenvalue weighted by Crippen LogP contribution is -2.25. The Bertz CT molecular complexity index is 738. The summed E-state index contributed by atoms with van der Waals surface area (Å²) in [6.45, 7) is 0.753. The second kappa shape index (κ2) is 6.75. The molecule has 2 unspecified atom stereocenters. The van der Waals surface area contributed by atoms with Gasteiger partial charge < -0.3 is 14.9 Å². The Morgan fingerprint density at radius 1 is 1.21 bits per heavy atom. The van der Waals surface area contributed by atoms with Crippen LogP contribution in [0.1, 0.15) is 23.6 Å². The molecule has 6 heteroatoms. The minimum atomic E-state index is -0.607. The minimum Gasteiger partial charge on any atom is -0.504 e. The second-order valence-electron chi connectivity index (χ2n) is 6.01. The highest BCUT2D eigenvalue weighted by Gasteiger charge is 2.33. The molecule has 4 nitrogen and oxygen atoms in total. The average Bonchev–Trinajstić information content (AvgIpc) is 2.90. The molecule has 1 saturated heterocycles. The van der Waals surface area contributed by atoms with E-state index in [1.54, 1.807) is 18.2 Å². The Hall–Kier alpha value is -2.18. The summed E-state index contributed by atoms with van der Waals surface area (Å²) >= 11 is 0. The number of aliphatic hydroxyl groups is 1.